The van der Waals surface area contributed by atoms with Gasteiger partial charge in [0, 0.05) is 17.9 Å². The van der Waals surface area contributed by atoms with E-state index in [-0.39, 0.29) is 0 Å². The van der Waals surface area contributed by atoms with Gasteiger partial charge in [-0.2, -0.15) is 0 Å². The summed E-state index contributed by atoms with van der Waals surface area (Å²) < 4.78 is 0. The molecule has 0 N–H and O–H groups in total. The Balaban J connectivity index is 2.06. The van der Waals surface area contributed by atoms with Crippen molar-refractivity contribution in [3.05, 3.63) is 95.1 Å². The zero-order valence-corrected chi connectivity index (χ0v) is 14.1. The van der Waals surface area contributed by atoms with Crippen LogP contribution in [-0.4, -0.2) is 0 Å². The van der Waals surface area contributed by atoms with Gasteiger partial charge in [-0.1, -0.05) is 60.2 Å². The molecular formula is C22H23N. The molecule has 1 heteroatoms. The van der Waals surface area contributed by atoms with E-state index in [1.807, 2.05) is 0 Å². The number of para-hydroxylation sites is 1. The van der Waals surface area contributed by atoms with Crippen molar-refractivity contribution >= 4 is 11.4 Å². The van der Waals surface area contributed by atoms with Crippen molar-refractivity contribution in [2.24, 2.45) is 0 Å². The molecule has 1 nitrogen and oxygen atoms in total. The third-order valence-corrected chi connectivity index (χ3v) is 4.30. The lowest BCUT2D eigenvalue weighted by atomic mass is 10.1. The smallest absolute Gasteiger partial charge is 0.0484 e. The van der Waals surface area contributed by atoms with Gasteiger partial charge in [0.15, 0.2) is 0 Å². The molecule has 0 fully saturated rings. The molecule has 0 spiro atoms. The van der Waals surface area contributed by atoms with Crippen LogP contribution in [0.5, 0.6) is 0 Å². The standard InChI is InChI=1S/C22H23N/c1-17-13-14-22(19(3)15-17)23(21-11-5-4-6-12-21)16-20-10-8-7-9-18(20)2/h4-15H,16H2,1-3H3. The summed E-state index contributed by atoms with van der Waals surface area (Å²) in [5.74, 6) is 0. The molecule has 23 heavy (non-hydrogen) atoms. The SMILES string of the molecule is Cc1ccc(N(Cc2ccccc2C)c2ccccc2)c(C)c1. The molecule has 116 valence electrons. The van der Waals surface area contributed by atoms with Crippen LogP contribution in [0.4, 0.5) is 11.4 Å². The van der Waals surface area contributed by atoms with Gasteiger partial charge in [0.05, 0.1) is 0 Å². The van der Waals surface area contributed by atoms with Crippen LogP contribution in [-0.2, 0) is 6.54 Å². The average molecular weight is 301 g/mol. The highest BCUT2D eigenvalue weighted by atomic mass is 15.1. The number of nitrogens with zero attached hydrogens (tertiary/aromatic N) is 1. The first-order valence-electron chi connectivity index (χ1n) is 8.09. The van der Waals surface area contributed by atoms with Crippen molar-refractivity contribution in [2.75, 3.05) is 4.90 Å². The van der Waals surface area contributed by atoms with Crippen LogP contribution >= 0.6 is 0 Å². The second kappa shape index (κ2) is 6.70. The Morgan fingerprint density at radius 3 is 2.09 bits per heavy atom. The predicted octanol–water partition coefficient (Wildman–Crippen LogP) is 5.95. The van der Waals surface area contributed by atoms with Gasteiger partial charge < -0.3 is 4.90 Å². The fraction of sp³-hybridized carbons (Fsp3) is 0.182. The molecule has 0 aliphatic heterocycles. The summed E-state index contributed by atoms with van der Waals surface area (Å²) in [5.41, 5.74) is 7.79. The van der Waals surface area contributed by atoms with Crippen LogP contribution in [0.3, 0.4) is 0 Å². The Labute approximate surface area is 139 Å². The van der Waals surface area contributed by atoms with Gasteiger partial charge in [0.2, 0.25) is 0 Å². The van der Waals surface area contributed by atoms with E-state index in [4.69, 9.17) is 0 Å². The van der Waals surface area contributed by atoms with Crippen molar-refractivity contribution in [3.63, 3.8) is 0 Å². The molecule has 0 saturated carbocycles. The van der Waals surface area contributed by atoms with Crippen molar-refractivity contribution in [1.82, 2.24) is 0 Å². The summed E-state index contributed by atoms with van der Waals surface area (Å²) in [6.07, 6.45) is 0. The minimum atomic E-state index is 0.876. The quantitative estimate of drug-likeness (QED) is 0.575. The first kappa shape index (κ1) is 15.4. The minimum Gasteiger partial charge on any atom is -0.337 e. The molecule has 0 radical (unpaired) electrons. The number of hydrogen-bond donors (Lipinski definition) is 0. The average Bonchev–Trinajstić information content (AvgIpc) is 2.56. The van der Waals surface area contributed by atoms with Gasteiger partial charge >= 0.3 is 0 Å². The highest BCUT2D eigenvalue weighted by Gasteiger charge is 2.13. The zero-order valence-electron chi connectivity index (χ0n) is 14.1. The van der Waals surface area contributed by atoms with E-state index in [1.165, 1.54) is 33.6 Å². The molecule has 3 aromatic rings. The summed E-state index contributed by atoms with van der Waals surface area (Å²) in [6, 6.07) is 25.9. The Hall–Kier alpha value is -2.54. The molecule has 3 rings (SSSR count). The van der Waals surface area contributed by atoms with Crippen LogP contribution in [0.2, 0.25) is 0 Å². The van der Waals surface area contributed by atoms with Crippen molar-refractivity contribution < 1.29 is 0 Å². The van der Waals surface area contributed by atoms with Gasteiger partial charge in [0.1, 0.15) is 0 Å². The lowest BCUT2D eigenvalue weighted by molar-refractivity contribution is 0.957. The van der Waals surface area contributed by atoms with E-state index in [0.29, 0.717) is 0 Å². The third kappa shape index (κ3) is 3.45. The highest BCUT2D eigenvalue weighted by Crippen LogP contribution is 2.31. The maximum atomic E-state index is 2.40. The number of anilines is 2. The van der Waals surface area contributed by atoms with E-state index < -0.39 is 0 Å². The third-order valence-electron chi connectivity index (χ3n) is 4.30. The molecule has 0 atom stereocenters. The first-order chi connectivity index (χ1) is 11.1. The number of rotatable bonds is 4. The second-order valence-corrected chi connectivity index (χ2v) is 6.14. The summed E-state index contributed by atoms with van der Waals surface area (Å²) in [5, 5.41) is 0. The van der Waals surface area contributed by atoms with Crippen LogP contribution in [0, 0.1) is 20.8 Å². The van der Waals surface area contributed by atoms with E-state index >= 15 is 0 Å². The summed E-state index contributed by atoms with van der Waals surface area (Å²) in [4.78, 5) is 2.40. The van der Waals surface area contributed by atoms with Crippen molar-refractivity contribution in [2.45, 2.75) is 27.3 Å². The molecule has 0 saturated heterocycles. The van der Waals surface area contributed by atoms with E-state index in [2.05, 4.69) is 98.5 Å². The van der Waals surface area contributed by atoms with Crippen LogP contribution in [0.15, 0.2) is 72.8 Å². The van der Waals surface area contributed by atoms with Crippen molar-refractivity contribution in [3.8, 4) is 0 Å². The van der Waals surface area contributed by atoms with Gasteiger partial charge in [0.25, 0.3) is 0 Å². The Kier molecular flexibility index (Phi) is 4.47. The predicted molar refractivity (Wildman–Crippen MR) is 99.4 cm³/mol. The minimum absolute atomic E-state index is 0.876. The van der Waals surface area contributed by atoms with E-state index in [0.717, 1.165) is 6.54 Å². The molecule has 3 aromatic carbocycles. The van der Waals surface area contributed by atoms with Gasteiger partial charge in [-0.15, -0.1) is 0 Å². The van der Waals surface area contributed by atoms with Gasteiger partial charge in [-0.3, -0.25) is 0 Å². The van der Waals surface area contributed by atoms with Crippen LogP contribution in [0.25, 0.3) is 0 Å². The maximum absolute atomic E-state index is 2.40. The summed E-state index contributed by atoms with van der Waals surface area (Å²) in [6.45, 7) is 7.39. The summed E-state index contributed by atoms with van der Waals surface area (Å²) in [7, 11) is 0. The Morgan fingerprint density at radius 2 is 1.39 bits per heavy atom. The Morgan fingerprint density at radius 1 is 0.696 bits per heavy atom. The largest absolute Gasteiger partial charge is 0.337 e. The lowest BCUT2D eigenvalue weighted by Gasteiger charge is -2.27. The normalized spacial score (nSPS) is 10.6. The molecule has 0 aliphatic rings. The molecular weight excluding hydrogens is 278 g/mol. The van der Waals surface area contributed by atoms with E-state index in [1.54, 1.807) is 0 Å². The van der Waals surface area contributed by atoms with Gasteiger partial charge in [-0.05, 0) is 55.7 Å². The fourth-order valence-corrected chi connectivity index (χ4v) is 2.99. The second-order valence-electron chi connectivity index (χ2n) is 6.14. The number of aryl methyl sites for hydroxylation is 3. The Bertz CT molecular complexity index is 790. The van der Waals surface area contributed by atoms with Gasteiger partial charge in [-0.25, -0.2) is 0 Å². The molecule has 0 aliphatic carbocycles. The zero-order chi connectivity index (χ0) is 16.2. The first-order valence-corrected chi connectivity index (χ1v) is 8.09. The topological polar surface area (TPSA) is 3.24 Å². The highest BCUT2D eigenvalue weighted by molar-refractivity contribution is 5.67. The maximum Gasteiger partial charge on any atom is 0.0484 e. The summed E-state index contributed by atoms with van der Waals surface area (Å²) >= 11 is 0. The van der Waals surface area contributed by atoms with Crippen molar-refractivity contribution in [1.29, 1.82) is 0 Å². The van der Waals surface area contributed by atoms with Crippen LogP contribution < -0.4 is 4.90 Å². The number of benzene rings is 3. The molecule has 0 amide bonds. The monoisotopic (exact) mass is 301 g/mol. The molecule has 0 aromatic heterocycles. The van der Waals surface area contributed by atoms with E-state index in [9.17, 15) is 0 Å². The fourth-order valence-electron chi connectivity index (χ4n) is 2.99. The molecule has 0 heterocycles. The molecule has 0 unspecified atom stereocenters. The molecule has 0 bridgehead atoms. The number of hydrogen-bond acceptors (Lipinski definition) is 1. The van der Waals surface area contributed by atoms with Crippen LogP contribution in [0.1, 0.15) is 22.3 Å². The lowest BCUT2D eigenvalue weighted by Crippen LogP contribution is -2.18.